The molecule has 7 atom stereocenters. The lowest BCUT2D eigenvalue weighted by Gasteiger charge is -2.40. The third-order valence-electron chi connectivity index (χ3n) is 12.9. The van der Waals surface area contributed by atoms with Gasteiger partial charge >= 0.3 is 5.97 Å². The Kier molecular flexibility index (Phi) is 44.5. The van der Waals surface area contributed by atoms with Crippen LogP contribution in [0.2, 0.25) is 0 Å². The zero-order valence-corrected chi connectivity index (χ0v) is 43.8. The number of aliphatic hydroxyl groups is 5. The van der Waals surface area contributed by atoms with Gasteiger partial charge in [-0.1, -0.05) is 177 Å². The van der Waals surface area contributed by atoms with Gasteiger partial charge in [0.15, 0.2) is 6.29 Å². The third kappa shape index (κ3) is 37.8. The maximum atomic E-state index is 13.0. The van der Waals surface area contributed by atoms with E-state index >= 15 is 0 Å². The van der Waals surface area contributed by atoms with Gasteiger partial charge in [-0.05, 0) is 103 Å². The van der Waals surface area contributed by atoms with Gasteiger partial charge in [-0.3, -0.25) is 9.59 Å². The fourth-order valence-electron chi connectivity index (χ4n) is 8.40. The van der Waals surface area contributed by atoms with Crippen molar-refractivity contribution in [1.82, 2.24) is 5.32 Å². The van der Waals surface area contributed by atoms with E-state index in [4.69, 9.17) is 14.2 Å². The van der Waals surface area contributed by atoms with Crippen LogP contribution in [0.1, 0.15) is 232 Å². The molecule has 400 valence electrons. The van der Waals surface area contributed by atoms with Crippen LogP contribution >= 0.6 is 0 Å². The number of amides is 1. The molecule has 1 rings (SSSR count). The molecule has 0 radical (unpaired) electrons. The van der Waals surface area contributed by atoms with Gasteiger partial charge in [-0.25, -0.2) is 0 Å². The number of carbonyl (C=O) groups excluding carboxylic acids is 2. The van der Waals surface area contributed by atoms with Crippen LogP contribution in [0.25, 0.3) is 0 Å². The van der Waals surface area contributed by atoms with Crippen molar-refractivity contribution in [1.29, 1.82) is 0 Å². The number of esters is 1. The Morgan fingerprint density at radius 2 is 1.00 bits per heavy atom. The number of unbranched alkanes of at least 4 members (excludes halogenated alkanes) is 26. The first-order valence-corrected chi connectivity index (χ1v) is 28.0. The Balaban J connectivity index is 2.07. The van der Waals surface area contributed by atoms with Crippen molar-refractivity contribution in [3.8, 4) is 0 Å². The van der Waals surface area contributed by atoms with E-state index in [1.807, 2.05) is 19.1 Å². The molecular weight excluding hydrogens is 871 g/mol. The molecule has 1 amide bonds. The molecule has 1 fully saturated rings. The number of ether oxygens (including phenoxy) is 3. The maximum absolute atomic E-state index is 13.0. The highest BCUT2D eigenvalue weighted by Gasteiger charge is 2.44. The van der Waals surface area contributed by atoms with Gasteiger partial charge in [0.25, 0.3) is 0 Å². The van der Waals surface area contributed by atoms with Gasteiger partial charge in [0, 0.05) is 12.8 Å². The average molecular weight is 974 g/mol. The molecule has 0 aromatic heterocycles. The van der Waals surface area contributed by atoms with Gasteiger partial charge in [0.05, 0.1) is 32.0 Å². The Bertz CT molecular complexity index is 1330. The Morgan fingerprint density at radius 1 is 0.551 bits per heavy atom. The first kappa shape index (κ1) is 64.4. The molecule has 1 aliphatic rings. The quantitative estimate of drug-likeness (QED) is 0.0196. The number of allylic oxidation sites excluding steroid dienone is 9. The Morgan fingerprint density at radius 3 is 1.52 bits per heavy atom. The highest BCUT2D eigenvalue weighted by Crippen LogP contribution is 2.23. The van der Waals surface area contributed by atoms with E-state index in [1.54, 1.807) is 6.08 Å². The highest BCUT2D eigenvalue weighted by atomic mass is 16.7. The molecule has 1 aliphatic heterocycles. The van der Waals surface area contributed by atoms with Crippen LogP contribution in [0.3, 0.4) is 0 Å². The summed E-state index contributed by atoms with van der Waals surface area (Å²) in [5.41, 5.74) is 0. The standard InChI is InChI=1S/C58H103NO10/c1-3-5-7-9-11-13-14-15-23-26-30-34-38-42-46-54(63)67-47-43-39-35-31-27-24-21-19-17-16-18-20-22-25-29-33-37-41-45-53(62)59-50(51(61)44-40-36-32-28-12-10-8-6-4-2)49-68-58-57(66)56(65)55(64)52(48-60)69-58/h4,6,12,14-15,18,20,28,40,44,50-52,55-58,60-61,64-66H,3,5,7-11,13,16-17,19,21-27,29-39,41-43,45-49H2,1-2H3,(H,59,62)/b6-4+,15-14-,20-18-,28-12+,44-40+. The molecule has 0 bridgehead atoms. The summed E-state index contributed by atoms with van der Waals surface area (Å²) in [6, 6.07) is -0.844. The number of nitrogens with one attached hydrogen (secondary N) is 1. The minimum absolute atomic E-state index is 0.0237. The lowest BCUT2D eigenvalue weighted by atomic mass is 9.99. The summed E-state index contributed by atoms with van der Waals surface area (Å²) < 4.78 is 16.6. The second-order valence-corrected chi connectivity index (χ2v) is 19.3. The van der Waals surface area contributed by atoms with Crippen LogP contribution < -0.4 is 5.32 Å². The van der Waals surface area contributed by atoms with E-state index in [-0.39, 0.29) is 18.5 Å². The van der Waals surface area contributed by atoms with Crippen LogP contribution in [0, 0.1) is 0 Å². The molecule has 11 heteroatoms. The van der Waals surface area contributed by atoms with E-state index < -0.39 is 49.5 Å². The normalized spacial score (nSPS) is 19.8. The lowest BCUT2D eigenvalue weighted by Crippen LogP contribution is -2.60. The van der Waals surface area contributed by atoms with Gasteiger partial charge in [-0.15, -0.1) is 0 Å². The molecule has 0 saturated carbocycles. The summed E-state index contributed by atoms with van der Waals surface area (Å²) in [5, 5.41) is 54.1. The molecule has 11 nitrogen and oxygen atoms in total. The molecule has 69 heavy (non-hydrogen) atoms. The van der Waals surface area contributed by atoms with Crippen LogP contribution in [0.4, 0.5) is 0 Å². The molecule has 1 heterocycles. The summed E-state index contributed by atoms with van der Waals surface area (Å²) in [5.74, 6) is -0.239. The zero-order chi connectivity index (χ0) is 50.3. The number of carbonyl (C=O) groups is 2. The minimum Gasteiger partial charge on any atom is -0.466 e. The predicted octanol–water partition coefficient (Wildman–Crippen LogP) is 12.3. The lowest BCUT2D eigenvalue weighted by molar-refractivity contribution is -0.302. The number of aliphatic hydroxyl groups excluding tert-OH is 5. The second-order valence-electron chi connectivity index (χ2n) is 19.3. The van der Waals surface area contributed by atoms with E-state index in [1.165, 1.54) is 109 Å². The highest BCUT2D eigenvalue weighted by molar-refractivity contribution is 5.76. The van der Waals surface area contributed by atoms with Crippen molar-refractivity contribution in [3.05, 3.63) is 60.8 Å². The molecule has 0 aliphatic carbocycles. The molecule has 1 saturated heterocycles. The summed E-state index contributed by atoms with van der Waals surface area (Å²) in [6.45, 7) is 4.03. The Hall–Kier alpha value is -2.64. The first-order valence-electron chi connectivity index (χ1n) is 28.0. The van der Waals surface area contributed by atoms with Gasteiger partial charge in [-0.2, -0.15) is 0 Å². The van der Waals surface area contributed by atoms with E-state index in [0.29, 0.717) is 25.9 Å². The number of hydrogen-bond donors (Lipinski definition) is 6. The van der Waals surface area contributed by atoms with Crippen LogP contribution in [-0.2, 0) is 23.8 Å². The second kappa shape index (κ2) is 47.7. The number of hydrogen-bond acceptors (Lipinski definition) is 10. The Labute approximate surface area is 420 Å². The van der Waals surface area contributed by atoms with Crippen LogP contribution in [0.5, 0.6) is 0 Å². The van der Waals surface area contributed by atoms with Gasteiger partial charge < -0.3 is 45.1 Å². The zero-order valence-electron chi connectivity index (χ0n) is 43.8. The van der Waals surface area contributed by atoms with Crippen molar-refractivity contribution in [2.24, 2.45) is 0 Å². The molecule has 0 spiro atoms. The minimum atomic E-state index is -1.58. The van der Waals surface area contributed by atoms with Crippen molar-refractivity contribution in [2.75, 3.05) is 19.8 Å². The third-order valence-corrected chi connectivity index (χ3v) is 12.9. The van der Waals surface area contributed by atoms with Crippen LogP contribution in [-0.4, -0.2) is 100 Å². The predicted molar refractivity (Wildman–Crippen MR) is 283 cm³/mol. The van der Waals surface area contributed by atoms with E-state index in [2.05, 4.69) is 54.8 Å². The fourth-order valence-corrected chi connectivity index (χ4v) is 8.40. The summed E-state index contributed by atoms with van der Waals surface area (Å²) in [7, 11) is 0. The van der Waals surface area contributed by atoms with Crippen molar-refractivity contribution >= 4 is 11.9 Å². The first-order chi connectivity index (χ1) is 33.7. The molecular formula is C58H103NO10. The summed E-state index contributed by atoms with van der Waals surface area (Å²) in [4.78, 5) is 25.0. The average Bonchev–Trinajstić information content (AvgIpc) is 3.34. The summed E-state index contributed by atoms with van der Waals surface area (Å²) >= 11 is 0. The number of rotatable bonds is 47. The van der Waals surface area contributed by atoms with Crippen molar-refractivity contribution in [2.45, 2.75) is 275 Å². The van der Waals surface area contributed by atoms with Crippen LogP contribution in [0.15, 0.2) is 60.8 Å². The molecule has 7 unspecified atom stereocenters. The van der Waals surface area contributed by atoms with Crippen molar-refractivity contribution in [3.63, 3.8) is 0 Å². The maximum Gasteiger partial charge on any atom is 0.305 e. The summed E-state index contributed by atoms with van der Waals surface area (Å²) in [6.07, 6.45) is 50.5. The topological polar surface area (TPSA) is 175 Å². The van der Waals surface area contributed by atoms with Gasteiger partial charge in [0.2, 0.25) is 5.91 Å². The molecule has 0 aromatic carbocycles. The molecule has 0 aromatic rings. The molecule has 6 N–H and O–H groups in total. The smallest absolute Gasteiger partial charge is 0.305 e. The van der Waals surface area contributed by atoms with Crippen molar-refractivity contribution < 1.29 is 49.3 Å². The van der Waals surface area contributed by atoms with E-state index in [9.17, 15) is 35.1 Å². The van der Waals surface area contributed by atoms with E-state index in [0.717, 1.165) is 89.9 Å². The monoisotopic (exact) mass is 974 g/mol. The largest absolute Gasteiger partial charge is 0.466 e. The SMILES string of the molecule is C/C=C/CC/C=C/CC/C=C/C(O)C(COC1OC(CO)C(O)C(O)C1O)NC(=O)CCCCCCC/C=C\CCCCCCCCCCCOC(=O)CCCCCCC/C=C\CCCCCCC. The fraction of sp³-hybridized carbons (Fsp3) is 0.793. The van der Waals surface area contributed by atoms with Gasteiger partial charge in [0.1, 0.15) is 24.4 Å².